The van der Waals surface area contributed by atoms with Gasteiger partial charge in [0.2, 0.25) is 0 Å². The molecule has 0 radical (unpaired) electrons. The number of nitrogens with one attached hydrogen (secondary N) is 1. The molecule has 1 aromatic rings. The number of aryl methyl sites for hydroxylation is 1. The average Bonchev–Trinajstić information content (AvgIpc) is 2.89. The summed E-state index contributed by atoms with van der Waals surface area (Å²) in [5.41, 5.74) is 2.97. The van der Waals surface area contributed by atoms with Gasteiger partial charge in [-0.2, -0.15) is 0 Å². The van der Waals surface area contributed by atoms with E-state index in [9.17, 15) is 0 Å². The first-order valence-electron chi connectivity index (χ1n) is 8.61. The third kappa shape index (κ3) is 5.28. The van der Waals surface area contributed by atoms with E-state index in [-0.39, 0.29) is 0 Å². The molecule has 116 valence electrons. The van der Waals surface area contributed by atoms with Crippen molar-refractivity contribution in [3.8, 4) is 0 Å². The predicted octanol–water partition coefficient (Wildman–Crippen LogP) is 2.85. The second kappa shape index (κ2) is 8.33. The maximum Gasteiger partial charge on any atom is 0.177 e. The zero-order valence-electron chi connectivity index (χ0n) is 14.1. The molecule has 2 heterocycles. The molecule has 1 fully saturated rings. The lowest BCUT2D eigenvalue weighted by atomic mass is 10.1. The van der Waals surface area contributed by atoms with Crippen LogP contribution in [-0.4, -0.2) is 13.6 Å². The molecule has 1 N–H and O–H groups in total. The van der Waals surface area contributed by atoms with Gasteiger partial charge in [-0.15, -0.1) is 0 Å². The second-order valence-electron chi connectivity index (χ2n) is 6.80. The third-order valence-electron chi connectivity index (χ3n) is 4.62. The zero-order chi connectivity index (χ0) is 15.1. The van der Waals surface area contributed by atoms with Crippen molar-refractivity contribution in [1.29, 1.82) is 0 Å². The number of hydrogen-bond donors (Lipinski definition) is 1. The summed E-state index contributed by atoms with van der Waals surface area (Å²) in [5.74, 6) is 0. The van der Waals surface area contributed by atoms with Crippen LogP contribution in [0.5, 0.6) is 0 Å². The summed E-state index contributed by atoms with van der Waals surface area (Å²) in [6, 6.07) is 5.25. The van der Waals surface area contributed by atoms with E-state index in [1.165, 1.54) is 56.2 Å². The van der Waals surface area contributed by atoms with Gasteiger partial charge in [0.05, 0.1) is 19.2 Å². The summed E-state index contributed by atoms with van der Waals surface area (Å²) in [5, 5.41) is 0. The van der Waals surface area contributed by atoms with Crippen molar-refractivity contribution in [3.63, 3.8) is 0 Å². The van der Waals surface area contributed by atoms with E-state index in [1.807, 2.05) is 0 Å². The molecule has 2 rings (SSSR count). The van der Waals surface area contributed by atoms with Crippen molar-refractivity contribution in [2.45, 2.75) is 65.0 Å². The van der Waals surface area contributed by atoms with Crippen molar-refractivity contribution in [3.05, 3.63) is 41.7 Å². The van der Waals surface area contributed by atoms with Crippen LogP contribution in [0.25, 0.3) is 0 Å². The van der Waals surface area contributed by atoms with E-state index in [4.69, 9.17) is 0 Å². The molecule has 1 aliphatic rings. The number of nitrogens with zero attached hydrogens (tertiary/aromatic N) is 1. The zero-order valence-corrected chi connectivity index (χ0v) is 14.1. The topological polar surface area (TPSA) is 8.32 Å². The largest absolute Gasteiger partial charge is 0.331 e. The van der Waals surface area contributed by atoms with Gasteiger partial charge in [0.25, 0.3) is 0 Å². The van der Waals surface area contributed by atoms with Gasteiger partial charge in [-0.1, -0.05) is 11.6 Å². The van der Waals surface area contributed by atoms with Crippen LogP contribution in [0, 0.1) is 0 Å². The van der Waals surface area contributed by atoms with Gasteiger partial charge in [0.15, 0.2) is 12.4 Å². The SMILES string of the molecule is CC(C)=CCCCCC[n+]1cccc(C2CCC[NH+]2C)c1. The minimum atomic E-state index is 0.718. The molecule has 1 aromatic heterocycles. The van der Waals surface area contributed by atoms with Gasteiger partial charge in [0, 0.05) is 25.3 Å². The summed E-state index contributed by atoms with van der Waals surface area (Å²) in [6.45, 7) is 6.85. The highest BCUT2D eigenvalue weighted by molar-refractivity contribution is 5.09. The summed E-state index contributed by atoms with van der Waals surface area (Å²) >= 11 is 0. The smallest absolute Gasteiger partial charge is 0.177 e. The number of pyridine rings is 1. The Hall–Kier alpha value is -1.15. The van der Waals surface area contributed by atoms with Gasteiger partial charge in [0.1, 0.15) is 12.6 Å². The number of quaternary nitrogens is 1. The minimum absolute atomic E-state index is 0.718. The lowest BCUT2D eigenvalue weighted by Gasteiger charge is -2.15. The van der Waals surface area contributed by atoms with Crippen LogP contribution in [0.15, 0.2) is 36.2 Å². The Bertz CT molecular complexity index is 460. The molecule has 0 amide bonds. The summed E-state index contributed by atoms with van der Waals surface area (Å²) in [6.07, 6.45) is 14.9. The molecule has 0 spiro atoms. The van der Waals surface area contributed by atoms with E-state index in [1.54, 1.807) is 4.90 Å². The fourth-order valence-electron chi connectivity index (χ4n) is 3.35. The van der Waals surface area contributed by atoms with Gasteiger partial charge in [-0.05, 0) is 39.2 Å². The molecule has 0 saturated carbocycles. The summed E-state index contributed by atoms with van der Waals surface area (Å²) in [4.78, 5) is 1.68. The molecule has 2 atom stereocenters. The Labute approximate surface area is 130 Å². The summed E-state index contributed by atoms with van der Waals surface area (Å²) in [7, 11) is 2.33. The highest BCUT2D eigenvalue weighted by atomic mass is 15.1. The van der Waals surface area contributed by atoms with E-state index in [0.29, 0.717) is 0 Å². The number of unbranched alkanes of at least 4 members (excludes halogenated alkanes) is 3. The standard InChI is InChI=1S/C19H31N2/c1-17(2)10-6-4-5-7-14-21-15-8-11-18(16-21)19-12-9-13-20(19)3/h8,10-11,15-16,19H,4-7,9,12-14H2,1-3H3/q+1/p+1. The number of allylic oxidation sites excluding steroid dienone is 2. The molecule has 0 bridgehead atoms. The molecular weight excluding hydrogens is 256 g/mol. The van der Waals surface area contributed by atoms with Crippen molar-refractivity contribution >= 4 is 0 Å². The molecule has 2 nitrogen and oxygen atoms in total. The molecule has 0 aliphatic carbocycles. The molecule has 1 saturated heterocycles. The number of hydrogen-bond acceptors (Lipinski definition) is 0. The van der Waals surface area contributed by atoms with Crippen LogP contribution in [0.2, 0.25) is 0 Å². The fraction of sp³-hybridized carbons (Fsp3) is 0.632. The van der Waals surface area contributed by atoms with Crippen LogP contribution in [0.3, 0.4) is 0 Å². The molecule has 2 unspecified atom stereocenters. The first kappa shape index (κ1) is 16.2. The number of rotatable bonds is 7. The van der Waals surface area contributed by atoms with Gasteiger partial charge in [-0.3, -0.25) is 0 Å². The average molecular weight is 288 g/mol. The highest BCUT2D eigenvalue weighted by Crippen LogP contribution is 2.16. The van der Waals surface area contributed by atoms with Gasteiger partial charge >= 0.3 is 0 Å². The van der Waals surface area contributed by atoms with Crippen LogP contribution in [0.4, 0.5) is 0 Å². The normalized spacial score (nSPS) is 21.5. The first-order chi connectivity index (χ1) is 10.2. The van der Waals surface area contributed by atoms with Crippen molar-refractivity contribution in [1.82, 2.24) is 0 Å². The lowest BCUT2D eigenvalue weighted by Crippen LogP contribution is -3.07. The Morgan fingerprint density at radius 1 is 1.33 bits per heavy atom. The summed E-state index contributed by atoms with van der Waals surface area (Å²) < 4.78 is 2.39. The van der Waals surface area contributed by atoms with Crippen molar-refractivity contribution in [2.75, 3.05) is 13.6 Å². The number of likely N-dealkylation sites (tertiary alicyclic amines) is 1. The Kier molecular flexibility index (Phi) is 6.44. The third-order valence-corrected chi connectivity index (χ3v) is 4.62. The van der Waals surface area contributed by atoms with E-state index in [0.717, 1.165) is 12.6 Å². The second-order valence-corrected chi connectivity index (χ2v) is 6.80. The molecule has 2 heteroatoms. The van der Waals surface area contributed by atoms with Gasteiger partial charge < -0.3 is 4.90 Å². The van der Waals surface area contributed by atoms with Crippen molar-refractivity contribution in [2.24, 2.45) is 0 Å². The predicted molar refractivity (Wildman–Crippen MR) is 88.3 cm³/mol. The molecule has 21 heavy (non-hydrogen) atoms. The Morgan fingerprint density at radius 3 is 2.90 bits per heavy atom. The molecular formula is C19H32N2+2. The quantitative estimate of drug-likeness (QED) is 0.448. The molecule has 0 aromatic carbocycles. The minimum Gasteiger partial charge on any atom is -0.331 e. The van der Waals surface area contributed by atoms with Gasteiger partial charge in [-0.25, -0.2) is 4.57 Å². The lowest BCUT2D eigenvalue weighted by molar-refractivity contribution is -0.898. The fourth-order valence-corrected chi connectivity index (χ4v) is 3.35. The maximum absolute atomic E-state index is 2.39. The van der Waals surface area contributed by atoms with Crippen LogP contribution >= 0.6 is 0 Å². The maximum atomic E-state index is 2.39. The van der Waals surface area contributed by atoms with Crippen LogP contribution in [0.1, 0.15) is 64.0 Å². The van der Waals surface area contributed by atoms with Crippen LogP contribution in [-0.2, 0) is 6.54 Å². The first-order valence-corrected chi connectivity index (χ1v) is 8.61. The molecule has 1 aliphatic heterocycles. The Morgan fingerprint density at radius 2 is 2.19 bits per heavy atom. The Balaban J connectivity index is 1.77. The van der Waals surface area contributed by atoms with Crippen molar-refractivity contribution < 1.29 is 9.47 Å². The monoisotopic (exact) mass is 288 g/mol. The van der Waals surface area contributed by atoms with E-state index in [2.05, 4.69) is 56.1 Å². The van der Waals surface area contributed by atoms with Crippen LogP contribution < -0.4 is 9.47 Å². The highest BCUT2D eigenvalue weighted by Gasteiger charge is 2.28. The van der Waals surface area contributed by atoms with E-state index < -0.39 is 0 Å². The van der Waals surface area contributed by atoms with E-state index >= 15 is 0 Å². The number of aromatic nitrogens is 1.